The number of aliphatic carboxylic acids is 1. The molecular formula is C9H12N2O3. The number of nitrogens with two attached hydrogens (primary N) is 1. The number of H-pyrrole nitrogens is 1. The highest BCUT2D eigenvalue weighted by atomic mass is 16.4. The predicted octanol–water partition coefficient (Wildman–Crippen LogP) is -0.0582. The van der Waals surface area contributed by atoms with Gasteiger partial charge in [-0.25, -0.2) is 4.79 Å². The van der Waals surface area contributed by atoms with Gasteiger partial charge in [-0.1, -0.05) is 0 Å². The Balaban J connectivity index is 3.33. The molecule has 0 saturated carbocycles. The van der Waals surface area contributed by atoms with Crippen molar-refractivity contribution in [2.24, 2.45) is 5.73 Å². The maximum absolute atomic E-state index is 10.9. The number of rotatable bonds is 2. The molecule has 5 heteroatoms. The van der Waals surface area contributed by atoms with E-state index in [9.17, 15) is 9.59 Å². The molecule has 0 aliphatic heterocycles. The Labute approximate surface area is 80.6 Å². The summed E-state index contributed by atoms with van der Waals surface area (Å²) in [6, 6.07) is 2.69. The number of carboxylic acid groups (broad SMARTS) is 1. The zero-order valence-electron chi connectivity index (χ0n) is 8.00. The molecule has 0 aromatic carbocycles. The number of aromatic amines is 1. The zero-order valence-corrected chi connectivity index (χ0v) is 8.00. The van der Waals surface area contributed by atoms with Crippen molar-refractivity contribution in [1.29, 1.82) is 0 Å². The molecular weight excluding hydrogens is 184 g/mol. The van der Waals surface area contributed by atoms with E-state index in [0.29, 0.717) is 11.3 Å². The summed E-state index contributed by atoms with van der Waals surface area (Å²) in [4.78, 5) is 24.2. The first-order valence-electron chi connectivity index (χ1n) is 4.08. The lowest BCUT2D eigenvalue weighted by atomic mass is 9.92. The van der Waals surface area contributed by atoms with Gasteiger partial charge in [-0.15, -0.1) is 0 Å². The van der Waals surface area contributed by atoms with E-state index in [1.54, 1.807) is 6.92 Å². The normalized spacial score (nSPS) is 14.8. The second kappa shape index (κ2) is 3.26. The summed E-state index contributed by atoms with van der Waals surface area (Å²) in [5, 5.41) is 8.87. The average Bonchev–Trinajstić information content (AvgIpc) is 2.02. The van der Waals surface area contributed by atoms with Crippen LogP contribution in [0.5, 0.6) is 0 Å². The van der Waals surface area contributed by atoms with Crippen LogP contribution in [0.3, 0.4) is 0 Å². The average molecular weight is 196 g/mol. The van der Waals surface area contributed by atoms with E-state index in [0.717, 1.165) is 0 Å². The largest absolute Gasteiger partial charge is 0.480 e. The van der Waals surface area contributed by atoms with E-state index in [-0.39, 0.29) is 5.56 Å². The van der Waals surface area contributed by atoms with Crippen LogP contribution in [0.4, 0.5) is 0 Å². The SMILES string of the molecule is Cc1[nH]c(=O)ccc1C(C)(N)C(=O)O. The molecule has 0 fully saturated rings. The molecule has 0 spiro atoms. The number of aromatic nitrogens is 1. The molecule has 0 aliphatic rings. The molecule has 1 heterocycles. The second-order valence-electron chi connectivity index (χ2n) is 3.37. The quantitative estimate of drug-likeness (QED) is 0.617. The van der Waals surface area contributed by atoms with Crippen LogP contribution in [0.1, 0.15) is 18.2 Å². The first-order valence-corrected chi connectivity index (χ1v) is 4.08. The molecule has 1 rings (SSSR count). The number of carboxylic acids is 1. The molecule has 0 radical (unpaired) electrons. The van der Waals surface area contributed by atoms with Crippen molar-refractivity contribution < 1.29 is 9.90 Å². The van der Waals surface area contributed by atoms with Gasteiger partial charge in [0.25, 0.3) is 0 Å². The Morgan fingerprint density at radius 3 is 2.57 bits per heavy atom. The summed E-state index contributed by atoms with van der Waals surface area (Å²) < 4.78 is 0. The fourth-order valence-corrected chi connectivity index (χ4v) is 1.26. The first-order chi connectivity index (χ1) is 6.35. The van der Waals surface area contributed by atoms with Crippen LogP contribution in [0.15, 0.2) is 16.9 Å². The van der Waals surface area contributed by atoms with Crippen molar-refractivity contribution >= 4 is 5.97 Å². The highest BCUT2D eigenvalue weighted by Crippen LogP contribution is 2.18. The van der Waals surface area contributed by atoms with Gasteiger partial charge in [0, 0.05) is 17.3 Å². The molecule has 0 aliphatic carbocycles. The lowest BCUT2D eigenvalue weighted by molar-refractivity contribution is -0.143. The molecule has 0 amide bonds. The van der Waals surface area contributed by atoms with Crippen LogP contribution in [0.25, 0.3) is 0 Å². The van der Waals surface area contributed by atoms with Gasteiger partial charge < -0.3 is 15.8 Å². The van der Waals surface area contributed by atoms with E-state index in [2.05, 4.69) is 4.98 Å². The molecule has 4 N–H and O–H groups in total. The molecule has 76 valence electrons. The lowest BCUT2D eigenvalue weighted by Gasteiger charge is -2.21. The monoisotopic (exact) mass is 196 g/mol. The summed E-state index contributed by atoms with van der Waals surface area (Å²) in [5.74, 6) is -1.13. The van der Waals surface area contributed by atoms with E-state index in [1.165, 1.54) is 19.1 Å². The van der Waals surface area contributed by atoms with Crippen LogP contribution in [0, 0.1) is 6.92 Å². The Bertz CT molecular complexity index is 420. The standard InChI is InChI=1S/C9H12N2O3/c1-5-6(3-4-7(12)11-5)9(2,10)8(13)14/h3-4H,10H2,1-2H3,(H,11,12)(H,13,14). The fraction of sp³-hybridized carbons (Fsp3) is 0.333. The van der Waals surface area contributed by atoms with Crippen LogP contribution < -0.4 is 11.3 Å². The second-order valence-corrected chi connectivity index (χ2v) is 3.37. The topological polar surface area (TPSA) is 96.2 Å². The van der Waals surface area contributed by atoms with Crippen molar-refractivity contribution in [2.75, 3.05) is 0 Å². The third-order valence-corrected chi connectivity index (χ3v) is 2.12. The Morgan fingerprint density at radius 2 is 2.14 bits per heavy atom. The minimum absolute atomic E-state index is 0.271. The van der Waals surface area contributed by atoms with Crippen molar-refractivity contribution in [2.45, 2.75) is 19.4 Å². The van der Waals surface area contributed by atoms with Gasteiger partial charge in [0.15, 0.2) is 0 Å². The van der Waals surface area contributed by atoms with Gasteiger partial charge >= 0.3 is 5.97 Å². The first kappa shape index (κ1) is 10.5. The smallest absolute Gasteiger partial charge is 0.328 e. The maximum Gasteiger partial charge on any atom is 0.328 e. The van der Waals surface area contributed by atoms with Gasteiger partial charge in [-0.05, 0) is 19.9 Å². The van der Waals surface area contributed by atoms with E-state index in [1.807, 2.05) is 0 Å². The predicted molar refractivity (Wildman–Crippen MR) is 51.0 cm³/mol. The molecule has 1 unspecified atom stereocenters. The minimum Gasteiger partial charge on any atom is -0.480 e. The van der Waals surface area contributed by atoms with Crippen LogP contribution in [0.2, 0.25) is 0 Å². The number of pyridine rings is 1. The summed E-state index contributed by atoms with van der Waals surface area (Å²) in [7, 11) is 0. The summed E-state index contributed by atoms with van der Waals surface area (Å²) in [5.41, 5.74) is 4.75. The van der Waals surface area contributed by atoms with Crippen LogP contribution in [-0.2, 0) is 10.3 Å². The Morgan fingerprint density at radius 1 is 1.57 bits per heavy atom. The van der Waals surface area contributed by atoms with Gasteiger partial charge in [0.2, 0.25) is 5.56 Å². The molecule has 0 bridgehead atoms. The number of hydrogen-bond acceptors (Lipinski definition) is 3. The van der Waals surface area contributed by atoms with Crippen molar-refractivity contribution in [1.82, 2.24) is 4.98 Å². The fourth-order valence-electron chi connectivity index (χ4n) is 1.26. The summed E-state index contributed by atoms with van der Waals surface area (Å²) in [6.45, 7) is 3.00. The third kappa shape index (κ3) is 1.67. The molecule has 14 heavy (non-hydrogen) atoms. The number of aryl methyl sites for hydroxylation is 1. The Hall–Kier alpha value is -1.62. The van der Waals surface area contributed by atoms with Crippen molar-refractivity contribution in [3.63, 3.8) is 0 Å². The van der Waals surface area contributed by atoms with Crippen LogP contribution >= 0.6 is 0 Å². The van der Waals surface area contributed by atoms with Gasteiger partial charge in [-0.2, -0.15) is 0 Å². The van der Waals surface area contributed by atoms with E-state index >= 15 is 0 Å². The summed E-state index contributed by atoms with van der Waals surface area (Å²) in [6.07, 6.45) is 0. The van der Waals surface area contributed by atoms with Gasteiger partial charge in [0.05, 0.1) is 0 Å². The lowest BCUT2D eigenvalue weighted by Crippen LogP contribution is -2.42. The van der Waals surface area contributed by atoms with Crippen LogP contribution in [-0.4, -0.2) is 16.1 Å². The highest BCUT2D eigenvalue weighted by Gasteiger charge is 2.31. The third-order valence-electron chi connectivity index (χ3n) is 2.12. The van der Waals surface area contributed by atoms with Crippen molar-refractivity contribution in [3.8, 4) is 0 Å². The van der Waals surface area contributed by atoms with Gasteiger partial charge in [0.1, 0.15) is 5.54 Å². The molecule has 5 nitrogen and oxygen atoms in total. The van der Waals surface area contributed by atoms with E-state index in [4.69, 9.17) is 10.8 Å². The highest BCUT2D eigenvalue weighted by molar-refractivity contribution is 5.80. The van der Waals surface area contributed by atoms with Crippen molar-refractivity contribution in [3.05, 3.63) is 33.7 Å². The zero-order chi connectivity index (χ0) is 10.9. The minimum atomic E-state index is -1.48. The van der Waals surface area contributed by atoms with E-state index < -0.39 is 11.5 Å². The molecule has 1 aromatic heterocycles. The molecule has 1 atom stereocenters. The summed E-state index contributed by atoms with van der Waals surface area (Å²) >= 11 is 0. The molecule has 1 aromatic rings. The number of nitrogens with one attached hydrogen (secondary N) is 1. The number of hydrogen-bond donors (Lipinski definition) is 3. The Kier molecular flexibility index (Phi) is 2.44. The number of carbonyl (C=O) groups is 1. The maximum atomic E-state index is 10.9. The molecule has 0 saturated heterocycles. The van der Waals surface area contributed by atoms with Gasteiger partial charge in [-0.3, -0.25) is 4.79 Å².